The molecule has 6 heteroatoms. The molecule has 4 aromatic rings. The summed E-state index contributed by atoms with van der Waals surface area (Å²) in [5.74, 6) is 0.563. The van der Waals surface area contributed by atoms with Gasteiger partial charge in [-0.2, -0.15) is 0 Å². The molecule has 140 valence electrons. The summed E-state index contributed by atoms with van der Waals surface area (Å²) in [5, 5.41) is 3.54. The number of hydrogen-bond acceptors (Lipinski definition) is 3. The van der Waals surface area contributed by atoms with Crippen LogP contribution >= 0.6 is 11.6 Å². The molecule has 0 fully saturated rings. The van der Waals surface area contributed by atoms with Crippen LogP contribution in [0.2, 0.25) is 5.02 Å². The van der Waals surface area contributed by atoms with E-state index in [0.717, 1.165) is 28.2 Å². The Bertz CT molecular complexity index is 1190. The number of amides is 1. The fourth-order valence-corrected chi connectivity index (χ4v) is 3.54. The van der Waals surface area contributed by atoms with Crippen LogP contribution in [-0.4, -0.2) is 20.4 Å². The molecule has 5 nitrogen and oxygen atoms in total. The zero-order chi connectivity index (χ0) is 19.8. The molecule has 0 atom stereocenters. The van der Waals surface area contributed by atoms with Crippen molar-refractivity contribution in [2.24, 2.45) is 0 Å². The average Bonchev–Trinajstić information content (AvgIpc) is 3.01. The van der Waals surface area contributed by atoms with Crippen molar-refractivity contribution in [3.05, 3.63) is 82.3 Å². The van der Waals surface area contributed by atoms with Crippen LogP contribution in [0.25, 0.3) is 16.9 Å². The molecule has 0 radical (unpaired) electrons. The minimum Gasteiger partial charge on any atom is -0.322 e. The van der Waals surface area contributed by atoms with E-state index in [-0.39, 0.29) is 5.91 Å². The number of anilines is 1. The van der Waals surface area contributed by atoms with Gasteiger partial charge in [0, 0.05) is 17.4 Å². The van der Waals surface area contributed by atoms with E-state index in [1.807, 2.05) is 55.7 Å². The largest absolute Gasteiger partial charge is 0.322 e. The molecule has 0 aliphatic rings. The number of carbonyl (C=O) groups excluding carboxylic acids is 1. The van der Waals surface area contributed by atoms with Crippen LogP contribution in [0.3, 0.4) is 0 Å². The van der Waals surface area contributed by atoms with Crippen molar-refractivity contribution in [2.45, 2.75) is 20.8 Å². The lowest BCUT2D eigenvalue weighted by Crippen LogP contribution is -2.14. The Morgan fingerprint density at radius 1 is 1.04 bits per heavy atom. The topological polar surface area (TPSA) is 59.8 Å². The fraction of sp³-hybridized carbons (Fsp3) is 0.136. The zero-order valence-electron chi connectivity index (χ0n) is 15.8. The summed E-state index contributed by atoms with van der Waals surface area (Å²) in [7, 11) is 0. The second kappa shape index (κ2) is 7.09. The summed E-state index contributed by atoms with van der Waals surface area (Å²) >= 11 is 6.47. The summed E-state index contributed by atoms with van der Waals surface area (Å²) in [6.07, 6.45) is 1.71. The maximum atomic E-state index is 12.9. The Labute approximate surface area is 168 Å². The number of halogens is 1. The van der Waals surface area contributed by atoms with E-state index >= 15 is 0 Å². The van der Waals surface area contributed by atoms with Crippen LogP contribution in [-0.2, 0) is 0 Å². The molecular formula is C22H19ClN4O. The van der Waals surface area contributed by atoms with Gasteiger partial charge in [-0.15, -0.1) is 0 Å². The minimum atomic E-state index is -0.189. The number of imidazole rings is 1. The Morgan fingerprint density at radius 2 is 1.79 bits per heavy atom. The first-order valence-electron chi connectivity index (χ1n) is 8.93. The number of para-hydroxylation sites is 1. The number of benzene rings is 2. The van der Waals surface area contributed by atoms with Crippen molar-refractivity contribution in [3.63, 3.8) is 0 Å². The standard InChI is InChI=1S/C22H19ClN4O/c1-13-6-4-7-14(2)20(13)26-22(28)16-9-10-17(23)19(12-16)27-15(3)25-18-8-5-11-24-21(18)27/h4-12H,1-3H3,(H,26,28). The van der Waals surface area contributed by atoms with E-state index in [1.54, 1.807) is 24.4 Å². The first kappa shape index (κ1) is 18.2. The lowest BCUT2D eigenvalue weighted by molar-refractivity contribution is 0.102. The highest BCUT2D eigenvalue weighted by Crippen LogP contribution is 2.28. The Morgan fingerprint density at radius 3 is 2.54 bits per heavy atom. The number of pyridine rings is 1. The molecule has 2 heterocycles. The van der Waals surface area contributed by atoms with Gasteiger partial charge in [-0.25, -0.2) is 9.97 Å². The van der Waals surface area contributed by atoms with E-state index in [4.69, 9.17) is 11.6 Å². The van der Waals surface area contributed by atoms with Crippen LogP contribution in [0.15, 0.2) is 54.7 Å². The third kappa shape index (κ3) is 3.14. The molecule has 0 aliphatic carbocycles. The molecule has 1 N–H and O–H groups in total. The SMILES string of the molecule is Cc1cccc(C)c1NC(=O)c1ccc(Cl)c(-n2c(C)nc3cccnc32)c1. The van der Waals surface area contributed by atoms with Crippen molar-refractivity contribution in [3.8, 4) is 5.69 Å². The van der Waals surface area contributed by atoms with Crippen LogP contribution < -0.4 is 5.32 Å². The van der Waals surface area contributed by atoms with Gasteiger partial charge in [-0.1, -0.05) is 29.8 Å². The average molecular weight is 391 g/mol. The molecule has 4 rings (SSSR count). The first-order valence-corrected chi connectivity index (χ1v) is 9.31. The number of nitrogens with zero attached hydrogens (tertiary/aromatic N) is 3. The Kier molecular flexibility index (Phi) is 4.61. The van der Waals surface area contributed by atoms with Gasteiger partial charge in [0.1, 0.15) is 11.3 Å². The van der Waals surface area contributed by atoms with Gasteiger partial charge < -0.3 is 5.32 Å². The first-order chi connectivity index (χ1) is 13.5. The lowest BCUT2D eigenvalue weighted by Gasteiger charge is -2.13. The van der Waals surface area contributed by atoms with Gasteiger partial charge in [0.2, 0.25) is 0 Å². The minimum absolute atomic E-state index is 0.189. The van der Waals surface area contributed by atoms with Crippen LogP contribution in [0.4, 0.5) is 5.69 Å². The quantitative estimate of drug-likeness (QED) is 0.519. The molecule has 1 amide bonds. The number of rotatable bonds is 3. The van der Waals surface area contributed by atoms with Crippen LogP contribution in [0, 0.1) is 20.8 Å². The van der Waals surface area contributed by atoms with E-state index in [1.165, 1.54) is 0 Å². The van der Waals surface area contributed by atoms with Gasteiger partial charge in [-0.3, -0.25) is 9.36 Å². The highest BCUT2D eigenvalue weighted by molar-refractivity contribution is 6.32. The predicted molar refractivity (Wildman–Crippen MR) is 112 cm³/mol. The molecule has 2 aromatic carbocycles. The maximum Gasteiger partial charge on any atom is 0.255 e. The summed E-state index contributed by atoms with van der Waals surface area (Å²) in [6.45, 7) is 5.84. The monoisotopic (exact) mass is 390 g/mol. The summed E-state index contributed by atoms with van der Waals surface area (Å²) < 4.78 is 1.87. The van der Waals surface area contributed by atoms with Gasteiger partial charge in [-0.05, 0) is 62.2 Å². The number of fused-ring (bicyclic) bond motifs is 1. The molecule has 0 unspecified atom stereocenters. The molecule has 2 aromatic heterocycles. The van der Waals surface area contributed by atoms with Crippen molar-refractivity contribution in [1.29, 1.82) is 0 Å². The maximum absolute atomic E-state index is 12.9. The van der Waals surface area contributed by atoms with Crippen molar-refractivity contribution in [2.75, 3.05) is 5.32 Å². The molecule has 0 saturated heterocycles. The van der Waals surface area contributed by atoms with Gasteiger partial charge in [0.05, 0.1) is 10.7 Å². The number of aryl methyl sites for hydroxylation is 3. The van der Waals surface area contributed by atoms with E-state index in [9.17, 15) is 4.79 Å². The van der Waals surface area contributed by atoms with Crippen molar-refractivity contribution >= 4 is 34.4 Å². The molecule has 0 spiro atoms. The van der Waals surface area contributed by atoms with E-state index < -0.39 is 0 Å². The second-order valence-corrected chi connectivity index (χ2v) is 7.13. The normalized spacial score (nSPS) is 11.0. The third-order valence-corrected chi connectivity index (χ3v) is 5.07. The Hall–Kier alpha value is -3.18. The number of carbonyl (C=O) groups is 1. The van der Waals surface area contributed by atoms with Gasteiger partial charge in [0.25, 0.3) is 5.91 Å². The second-order valence-electron chi connectivity index (χ2n) is 6.73. The summed E-state index contributed by atoms with van der Waals surface area (Å²) in [4.78, 5) is 21.9. The van der Waals surface area contributed by atoms with Gasteiger partial charge in [0.15, 0.2) is 5.65 Å². The lowest BCUT2D eigenvalue weighted by atomic mass is 10.1. The van der Waals surface area contributed by atoms with Crippen molar-refractivity contribution in [1.82, 2.24) is 14.5 Å². The molecular weight excluding hydrogens is 372 g/mol. The molecule has 0 bridgehead atoms. The fourth-order valence-electron chi connectivity index (χ4n) is 3.34. The molecule has 28 heavy (non-hydrogen) atoms. The van der Waals surface area contributed by atoms with Crippen molar-refractivity contribution < 1.29 is 4.79 Å². The van der Waals surface area contributed by atoms with Crippen LogP contribution in [0.5, 0.6) is 0 Å². The summed E-state index contributed by atoms with van der Waals surface area (Å²) in [6, 6.07) is 14.9. The highest BCUT2D eigenvalue weighted by atomic mass is 35.5. The molecule has 0 saturated carbocycles. The number of nitrogens with one attached hydrogen (secondary N) is 1. The number of aromatic nitrogens is 3. The third-order valence-electron chi connectivity index (χ3n) is 4.75. The van der Waals surface area contributed by atoms with Crippen LogP contribution in [0.1, 0.15) is 27.3 Å². The predicted octanol–water partition coefficient (Wildman–Crippen LogP) is 5.25. The smallest absolute Gasteiger partial charge is 0.255 e. The van der Waals surface area contributed by atoms with E-state index in [2.05, 4.69) is 15.3 Å². The zero-order valence-corrected chi connectivity index (χ0v) is 16.6. The summed E-state index contributed by atoms with van der Waals surface area (Å²) in [5.41, 5.74) is 5.53. The van der Waals surface area contributed by atoms with E-state index in [0.29, 0.717) is 21.9 Å². The molecule has 0 aliphatic heterocycles. The Balaban J connectivity index is 1.77. The highest BCUT2D eigenvalue weighted by Gasteiger charge is 2.16. The van der Waals surface area contributed by atoms with Gasteiger partial charge >= 0.3 is 0 Å². The number of hydrogen-bond donors (Lipinski definition) is 1.